The summed E-state index contributed by atoms with van der Waals surface area (Å²) in [6.45, 7) is 0. The van der Waals surface area contributed by atoms with Crippen molar-refractivity contribution in [1.82, 2.24) is 0 Å². The molecule has 0 aliphatic heterocycles. The van der Waals surface area contributed by atoms with Crippen molar-refractivity contribution in [3.8, 4) is 0 Å². The summed E-state index contributed by atoms with van der Waals surface area (Å²) in [5, 5.41) is 10.5. The molecule has 1 aliphatic rings. The van der Waals surface area contributed by atoms with E-state index in [9.17, 15) is 5.11 Å². The molecule has 1 N–H and O–H groups in total. The third-order valence-corrected chi connectivity index (χ3v) is 3.52. The minimum Gasteiger partial charge on any atom is -0.384 e. The zero-order chi connectivity index (χ0) is 12.4. The van der Waals surface area contributed by atoms with Gasteiger partial charge in [0, 0.05) is 0 Å². The molecule has 0 saturated heterocycles. The molecule has 2 aromatic carbocycles. The standard InChI is InChI=1S/C17H16O/c18-17(14-8-2-1-3-9-14)16-12-6-10-13-7-4-5-11-15(13)16/h1-5,7-9,11-12,17-18H,6,10H2. The number of aryl methyl sites for hydroxylation is 1. The van der Waals surface area contributed by atoms with Crippen molar-refractivity contribution in [1.29, 1.82) is 0 Å². The largest absolute Gasteiger partial charge is 0.384 e. The molecule has 0 saturated carbocycles. The van der Waals surface area contributed by atoms with Crippen LogP contribution in [0.5, 0.6) is 0 Å². The highest BCUT2D eigenvalue weighted by molar-refractivity contribution is 5.74. The molecule has 0 radical (unpaired) electrons. The quantitative estimate of drug-likeness (QED) is 0.842. The lowest BCUT2D eigenvalue weighted by Gasteiger charge is -2.22. The molecular weight excluding hydrogens is 220 g/mol. The highest BCUT2D eigenvalue weighted by atomic mass is 16.3. The summed E-state index contributed by atoms with van der Waals surface area (Å²) in [5.74, 6) is 0. The lowest BCUT2D eigenvalue weighted by molar-refractivity contribution is 0.237. The van der Waals surface area contributed by atoms with Crippen LogP contribution in [0.25, 0.3) is 5.57 Å². The van der Waals surface area contributed by atoms with Crippen LogP contribution < -0.4 is 0 Å². The van der Waals surface area contributed by atoms with Gasteiger partial charge in [0.05, 0.1) is 0 Å². The monoisotopic (exact) mass is 236 g/mol. The number of hydrogen-bond donors (Lipinski definition) is 1. The highest BCUT2D eigenvalue weighted by Gasteiger charge is 2.19. The molecule has 1 unspecified atom stereocenters. The zero-order valence-corrected chi connectivity index (χ0v) is 10.2. The number of hydrogen-bond acceptors (Lipinski definition) is 1. The minimum atomic E-state index is -0.521. The van der Waals surface area contributed by atoms with Gasteiger partial charge in [0.1, 0.15) is 6.10 Å². The maximum atomic E-state index is 10.5. The van der Waals surface area contributed by atoms with E-state index in [0.29, 0.717) is 0 Å². The SMILES string of the molecule is OC(C1=CCCc2ccccc21)c1ccccc1. The Hall–Kier alpha value is -1.86. The van der Waals surface area contributed by atoms with Crippen LogP contribution in [0.4, 0.5) is 0 Å². The summed E-state index contributed by atoms with van der Waals surface area (Å²) in [5.41, 5.74) is 4.54. The van der Waals surface area contributed by atoms with Crippen molar-refractivity contribution in [2.24, 2.45) is 0 Å². The fourth-order valence-electron chi connectivity index (χ4n) is 2.59. The second kappa shape index (κ2) is 4.79. The first-order valence-electron chi connectivity index (χ1n) is 6.37. The van der Waals surface area contributed by atoms with E-state index >= 15 is 0 Å². The summed E-state index contributed by atoms with van der Waals surface area (Å²) < 4.78 is 0. The van der Waals surface area contributed by atoms with E-state index in [2.05, 4.69) is 24.3 Å². The molecule has 0 amide bonds. The second-order valence-electron chi connectivity index (χ2n) is 4.67. The number of rotatable bonds is 2. The third kappa shape index (κ3) is 1.98. The molecule has 1 aliphatic carbocycles. The Labute approximate surface area is 107 Å². The van der Waals surface area contributed by atoms with Crippen LogP contribution in [0.1, 0.15) is 29.2 Å². The average Bonchev–Trinajstić information content (AvgIpc) is 2.47. The van der Waals surface area contributed by atoms with Crippen molar-refractivity contribution >= 4 is 5.57 Å². The summed E-state index contributed by atoms with van der Waals surface area (Å²) in [4.78, 5) is 0. The van der Waals surface area contributed by atoms with E-state index in [4.69, 9.17) is 0 Å². The van der Waals surface area contributed by atoms with Gasteiger partial charge in [0.15, 0.2) is 0 Å². The van der Waals surface area contributed by atoms with Gasteiger partial charge in [0.25, 0.3) is 0 Å². The molecule has 90 valence electrons. The normalized spacial score (nSPS) is 15.7. The first-order valence-corrected chi connectivity index (χ1v) is 6.37. The van der Waals surface area contributed by atoms with Gasteiger partial charge in [-0.3, -0.25) is 0 Å². The van der Waals surface area contributed by atoms with Gasteiger partial charge in [-0.15, -0.1) is 0 Å². The Bertz CT molecular complexity index is 569. The van der Waals surface area contributed by atoms with Crippen LogP contribution in [0.2, 0.25) is 0 Å². The molecule has 0 fully saturated rings. The summed E-state index contributed by atoms with van der Waals surface area (Å²) >= 11 is 0. The van der Waals surface area contributed by atoms with Gasteiger partial charge in [-0.25, -0.2) is 0 Å². The summed E-state index contributed by atoms with van der Waals surface area (Å²) in [6, 6.07) is 18.2. The summed E-state index contributed by atoms with van der Waals surface area (Å²) in [7, 11) is 0. The average molecular weight is 236 g/mol. The maximum absolute atomic E-state index is 10.5. The molecule has 0 heterocycles. The van der Waals surface area contributed by atoms with E-state index in [1.54, 1.807) is 0 Å². The molecule has 2 aromatic rings. The van der Waals surface area contributed by atoms with Crippen LogP contribution in [-0.4, -0.2) is 5.11 Å². The first-order chi connectivity index (χ1) is 8.86. The Balaban J connectivity index is 2.00. The van der Waals surface area contributed by atoms with Gasteiger partial charge in [-0.05, 0) is 35.1 Å². The fraction of sp³-hybridized carbons (Fsp3) is 0.176. The molecule has 3 rings (SSSR count). The molecule has 0 aromatic heterocycles. The number of aliphatic hydroxyl groups is 1. The van der Waals surface area contributed by atoms with E-state index in [1.807, 2.05) is 36.4 Å². The van der Waals surface area contributed by atoms with Crippen molar-refractivity contribution in [2.45, 2.75) is 18.9 Å². The lowest BCUT2D eigenvalue weighted by Crippen LogP contribution is -2.07. The van der Waals surface area contributed by atoms with Gasteiger partial charge in [-0.2, -0.15) is 0 Å². The van der Waals surface area contributed by atoms with Crippen LogP contribution in [0.3, 0.4) is 0 Å². The number of benzene rings is 2. The number of fused-ring (bicyclic) bond motifs is 1. The van der Waals surface area contributed by atoms with Crippen LogP contribution in [0, 0.1) is 0 Å². The van der Waals surface area contributed by atoms with Crippen molar-refractivity contribution in [3.05, 3.63) is 77.4 Å². The Morgan fingerprint density at radius 1 is 0.889 bits per heavy atom. The van der Waals surface area contributed by atoms with Crippen LogP contribution in [0.15, 0.2) is 60.7 Å². The summed E-state index contributed by atoms with van der Waals surface area (Å²) in [6.07, 6.45) is 3.73. The van der Waals surface area contributed by atoms with Crippen molar-refractivity contribution in [3.63, 3.8) is 0 Å². The highest BCUT2D eigenvalue weighted by Crippen LogP contribution is 2.35. The van der Waals surface area contributed by atoms with Crippen LogP contribution in [-0.2, 0) is 6.42 Å². The van der Waals surface area contributed by atoms with Crippen LogP contribution >= 0.6 is 0 Å². The van der Waals surface area contributed by atoms with E-state index in [0.717, 1.165) is 24.0 Å². The molecule has 0 bridgehead atoms. The molecular formula is C17H16O. The second-order valence-corrected chi connectivity index (χ2v) is 4.67. The maximum Gasteiger partial charge on any atom is 0.104 e. The Morgan fingerprint density at radius 2 is 1.61 bits per heavy atom. The predicted molar refractivity (Wildman–Crippen MR) is 74.1 cm³/mol. The predicted octanol–water partition coefficient (Wildman–Crippen LogP) is 3.75. The van der Waals surface area contributed by atoms with Gasteiger partial charge in [0.2, 0.25) is 0 Å². The van der Waals surface area contributed by atoms with E-state index in [1.165, 1.54) is 11.1 Å². The zero-order valence-electron chi connectivity index (χ0n) is 10.2. The Kier molecular flexibility index (Phi) is 2.99. The van der Waals surface area contributed by atoms with E-state index < -0.39 is 6.10 Å². The molecule has 1 heteroatoms. The van der Waals surface area contributed by atoms with Crippen molar-refractivity contribution < 1.29 is 5.11 Å². The molecule has 1 nitrogen and oxygen atoms in total. The third-order valence-electron chi connectivity index (χ3n) is 3.52. The first kappa shape index (κ1) is 11.2. The van der Waals surface area contributed by atoms with Gasteiger partial charge in [-0.1, -0.05) is 60.7 Å². The van der Waals surface area contributed by atoms with Crippen molar-refractivity contribution in [2.75, 3.05) is 0 Å². The fourth-order valence-corrected chi connectivity index (χ4v) is 2.59. The Morgan fingerprint density at radius 3 is 2.44 bits per heavy atom. The molecule has 18 heavy (non-hydrogen) atoms. The van der Waals surface area contributed by atoms with E-state index in [-0.39, 0.29) is 0 Å². The number of aliphatic hydroxyl groups excluding tert-OH is 1. The smallest absolute Gasteiger partial charge is 0.104 e. The molecule has 1 atom stereocenters. The minimum absolute atomic E-state index is 0.521. The molecule has 0 spiro atoms. The lowest BCUT2D eigenvalue weighted by atomic mass is 9.86. The van der Waals surface area contributed by atoms with Gasteiger partial charge >= 0.3 is 0 Å². The topological polar surface area (TPSA) is 20.2 Å². The van der Waals surface area contributed by atoms with Gasteiger partial charge < -0.3 is 5.11 Å². The number of allylic oxidation sites excluding steroid dienone is 1.